The Morgan fingerprint density at radius 2 is 1.46 bits per heavy atom. The third kappa shape index (κ3) is 4.93. The van der Waals surface area contributed by atoms with Crippen molar-refractivity contribution in [3.63, 3.8) is 0 Å². The number of para-hydroxylation sites is 1. The Kier molecular flexibility index (Phi) is 6.39. The lowest BCUT2D eigenvalue weighted by Gasteiger charge is -2.23. The third-order valence-electron chi connectivity index (χ3n) is 4.60. The fourth-order valence-electron chi connectivity index (χ4n) is 3.04. The number of hydrogen-bond acceptors (Lipinski definition) is 3. The topological polar surface area (TPSA) is 58.2 Å². The molecule has 0 saturated carbocycles. The molecule has 6 heteroatoms. The van der Waals surface area contributed by atoms with Crippen molar-refractivity contribution in [2.45, 2.75) is 24.8 Å². The van der Waals surface area contributed by atoms with Crippen molar-refractivity contribution in [3.8, 4) is 0 Å². The second-order valence-corrected chi connectivity index (χ2v) is 8.88. The molecule has 146 valence electrons. The zero-order valence-corrected chi connectivity index (χ0v) is 17.4. The molecule has 0 radical (unpaired) electrons. The van der Waals surface area contributed by atoms with Gasteiger partial charge < -0.3 is 5.32 Å². The summed E-state index contributed by atoms with van der Waals surface area (Å²) in [4.78, 5) is 0.191. The molecule has 3 rings (SSSR count). The number of anilines is 1. The smallest absolute Gasteiger partial charge is 0.240 e. The summed E-state index contributed by atoms with van der Waals surface area (Å²) in [5.41, 5.74) is 4.24. The summed E-state index contributed by atoms with van der Waals surface area (Å²) in [5, 5.41) is 4.01. The molecule has 0 heterocycles. The first kappa shape index (κ1) is 20.4. The van der Waals surface area contributed by atoms with Gasteiger partial charge in [-0.25, -0.2) is 13.1 Å². The maximum absolute atomic E-state index is 12.7. The summed E-state index contributed by atoms with van der Waals surface area (Å²) in [6.45, 7) is 4.29. The van der Waals surface area contributed by atoms with Crippen LogP contribution in [-0.4, -0.2) is 15.0 Å². The molecule has 0 amide bonds. The van der Waals surface area contributed by atoms with Gasteiger partial charge in [0.2, 0.25) is 10.0 Å². The van der Waals surface area contributed by atoms with Crippen molar-refractivity contribution in [1.29, 1.82) is 0 Å². The lowest BCUT2D eigenvalue weighted by molar-refractivity contribution is 0.576. The van der Waals surface area contributed by atoms with Crippen LogP contribution in [0, 0.1) is 13.8 Å². The van der Waals surface area contributed by atoms with E-state index >= 15 is 0 Å². The van der Waals surface area contributed by atoms with Crippen LogP contribution in [0.1, 0.15) is 22.7 Å². The van der Waals surface area contributed by atoms with Crippen LogP contribution in [0.2, 0.25) is 5.02 Å². The maximum Gasteiger partial charge on any atom is 0.240 e. The van der Waals surface area contributed by atoms with E-state index in [2.05, 4.69) is 10.0 Å². The van der Waals surface area contributed by atoms with E-state index in [-0.39, 0.29) is 17.5 Å². The quantitative estimate of drug-likeness (QED) is 0.566. The van der Waals surface area contributed by atoms with E-state index in [9.17, 15) is 8.42 Å². The van der Waals surface area contributed by atoms with Crippen LogP contribution < -0.4 is 10.0 Å². The highest BCUT2D eigenvalue weighted by Crippen LogP contribution is 2.26. The number of aryl methyl sites for hydroxylation is 2. The zero-order chi connectivity index (χ0) is 20.1. The number of rotatable bonds is 7. The summed E-state index contributed by atoms with van der Waals surface area (Å²) in [6.07, 6.45) is 0. The van der Waals surface area contributed by atoms with Crippen LogP contribution in [0.3, 0.4) is 0 Å². The van der Waals surface area contributed by atoms with E-state index in [1.54, 1.807) is 12.1 Å². The second kappa shape index (κ2) is 8.78. The molecule has 1 atom stereocenters. The van der Waals surface area contributed by atoms with Crippen LogP contribution in [0.15, 0.2) is 77.7 Å². The second-order valence-electron chi connectivity index (χ2n) is 6.68. The van der Waals surface area contributed by atoms with E-state index < -0.39 is 10.0 Å². The normalized spacial score (nSPS) is 12.5. The highest BCUT2D eigenvalue weighted by Gasteiger charge is 2.19. The van der Waals surface area contributed by atoms with E-state index in [1.807, 2.05) is 62.4 Å². The minimum atomic E-state index is -3.64. The van der Waals surface area contributed by atoms with Gasteiger partial charge >= 0.3 is 0 Å². The standard InChI is InChI=1S/C22H23ClN2O2S/c1-16-7-6-8-17(2)22(16)25-21(18-9-4-3-5-10-18)15-24-28(26,27)20-13-11-19(23)12-14-20/h3-14,21,24-25H,15H2,1-2H3/t21-/m1/s1. The molecule has 28 heavy (non-hydrogen) atoms. The molecular weight excluding hydrogens is 392 g/mol. The third-order valence-corrected chi connectivity index (χ3v) is 6.29. The van der Waals surface area contributed by atoms with Crippen LogP contribution in [-0.2, 0) is 10.0 Å². The Bertz CT molecular complexity index is 1020. The molecule has 0 aliphatic carbocycles. The van der Waals surface area contributed by atoms with Gasteiger partial charge in [-0.2, -0.15) is 0 Å². The van der Waals surface area contributed by atoms with Crippen molar-refractivity contribution in [3.05, 3.63) is 94.5 Å². The zero-order valence-electron chi connectivity index (χ0n) is 15.8. The average Bonchev–Trinajstić information content (AvgIpc) is 2.68. The van der Waals surface area contributed by atoms with Gasteiger partial charge in [0.15, 0.2) is 0 Å². The first-order valence-electron chi connectivity index (χ1n) is 9.00. The molecule has 4 nitrogen and oxygen atoms in total. The van der Waals surface area contributed by atoms with E-state index in [0.717, 1.165) is 22.4 Å². The molecule has 0 fully saturated rings. The van der Waals surface area contributed by atoms with E-state index in [4.69, 9.17) is 11.6 Å². The van der Waals surface area contributed by atoms with Crippen LogP contribution in [0.5, 0.6) is 0 Å². The predicted octanol–water partition coefficient (Wildman–Crippen LogP) is 5.09. The molecule has 0 aromatic heterocycles. The largest absolute Gasteiger partial charge is 0.376 e. The number of nitrogens with one attached hydrogen (secondary N) is 2. The average molecular weight is 415 g/mol. The summed E-state index contributed by atoms with van der Waals surface area (Å²) in [7, 11) is -3.64. The Morgan fingerprint density at radius 3 is 2.07 bits per heavy atom. The molecule has 0 bridgehead atoms. The molecular formula is C22H23ClN2O2S. The number of halogens is 1. The predicted molar refractivity (Wildman–Crippen MR) is 115 cm³/mol. The van der Waals surface area contributed by atoms with Crippen molar-refractivity contribution in [2.75, 3.05) is 11.9 Å². The van der Waals surface area contributed by atoms with Gasteiger partial charge in [-0.3, -0.25) is 0 Å². The Morgan fingerprint density at radius 1 is 0.857 bits per heavy atom. The van der Waals surface area contributed by atoms with Crippen molar-refractivity contribution in [2.24, 2.45) is 0 Å². The molecule has 0 aliphatic heterocycles. The maximum atomic E-state index is 12.7. The van der Waals surface area contributed by atoms with Gasteiger partial charge in [0.25, 0.3) is 0 Å². The van der Waals surface area contributed by atoms with Crippen molar-refractivity contribution >= 4 is 27.3 Å². The first-order chi connectivity index (χ1) is 13.4. The van der Waals surface area contributed by atoms with Gasteiger partial charge in [-0.05, 0) is 54.8 Å². The molecule has 3 aromatic carbocycles. The summed E-state index contributed by atoms with van der Waals surface area (Å²) < 4.78 is 28.1. The number of sulfonamides is 1. The minimum Gasteiger partial charge on any atom is -0.376 e. The van der Waals surface area contributed by atoms with Crippen molar-refractivity contribution < 1.29 is 8.42 Å². The van der Waals surface area contributed by atoms with E-state index in [0.29, 0.717) is 5.02 Å². The molecule has 0 spiro atoms. The van der Waals surface area contributed by atoms with Crippen LogP contribution in [0.4, 0.5) is 5.69 Å². The molecule has 0 unspecified atom stereocenters. The summed E-state index contributed by atoms with van der Waals surface area (Å²) in [6, 6.07) is 21.8. The van der Waals surface area contributed by atoms with Gasteiger partial charge in [0, 0.05) is 17.3 Å². The van der Waals surface area contributed by atoms with E-state index in [1.165, 1.54) is 12.1 Å². The number of hydrogen-bond donors (Lipinski definition) is 2. The molecule has 3 aromatic rings. The Hall–Kier alpha value is -2.34. The van der Waals surface area contributed by atoms with Gasteiger partial charge in [0.05, 0.1) is 10.9 Å². The lowest BCUT2D eigenvalue weighted by Crippen LogP contribution is -2.31. The fourth-order valence-corrected chi connectivity index (χ4v) is 4.22. The van der Waals surface area contributed by atoms with Gasteiger partial charge in [-0.15, -0.1) is 0 Å². The molecule has 0 saturated heterocycles. The molecule has 2 N–H and O–H groups in total. The highest BCUT2D eigenvalue weighted by atomic mass is 35.5. The minimum absolute atomic E-state index is 0.191. The van der Waals surface area contributed by atoms with Crippen LogP contribution in [0.25, 0.3) is 0 Å². The SMILES string of the molecule is Cc1cccc(C)c1N[C@H](CNS(=O)(=O)c1ccc(Cl)cc1)c1ccccc1. The molecule has 0 aliphatic rings. The Balaban J connectivity index is 1.85. The van der Waals surface area contributed by atoms with Crippen molar-refractivity contribution in [1.82, 2.24) is 4.72 Å². The lowest BCUT2D eigenvalue weighted by atomic mass is 10.0. The Labute approximate surface area is 171 Å². The monoisotopic (exact) mass is 414 g/mol. The number of benzene rings is 3. The van der Waals surface area contributed by atoms with Crippen LogP contribution >= 0.6 is 11.6 Å². The van der Waals surface area contributed by atoms with Gasteiger partial charge in [0.1, 0.15) is 0 Å². The fraction of sp³-hybridized carbons (Fsp3) is 0.182. The summed E-state index contributed by atoms with van der Waals surface area (Å²) in [5.74, 6) is 0. The highest BCUT2D eigenvalue weighted by molar-refractivity contribution is 7.89. The first-order valence-corrected chi connectivity index (χ1v) is 10.9. The van der Waals surface area contributed by atoms with Gasteiger partial charge in [-0.1, -0.05) is 60.1 Å². The summed E-state index contributed by atoms with van der Waals surface area (Å²) >= 11 is 5.86.